The molecule has 96 valence electrons. The maximum absolute atomic E-state index is 4.32. The predicted octanol–water partition coefficient (Wildman–Crippen LogP) is 2.84. The normalized spacial score (nSPS) is 12.7. The van der Waals surface area contributed by atoms with Crippen molar-refractivity contribution >= 4 is 22.6 Å². The lowest BCUT2D eigenvalue weighted by atomic mass is 10.00. The van der Waals surface area contributed by atoms with Crippen molar-refractivity contribution in [1.82, 2.24) is 15.1 Å². The molecule has 1 aromatic carbocycles. The van der Waals surface area contributed by atoms with Crippen LogP contribution in [0.5, 0.6) is 0 Å². The molecule has 0 radical (unpaired) electrons. The number of aromatic nitrogens is 2. The summed E-state index contributed by atoms with van der Waals surface area (Å²) < 4.78 is 3.20. The SMILES string of the molecule is CNC(Cc1ccc(I)cc1)c1cnn(C)c1C. The van der Waals surface area contributed by atoms with Crippen molar-refractivity contribution < 1.29 is 0 Å². The van der Waals surface area contributed by atoms with E-state index in [1.165, 1.54) is 20.4 Å². The van der Waals surface area contributed by atoms with Crippen LogP contribution < -0.4 is 5.32 Å². The van der Waals surface area contributed by atoms with Gasteiger partial charge in [0, 0.05) is 27.9 Å². The highest BCUT2D eigenvalue weighted by atomic mass is 127. The zero-order valence-electron chi connectivity index (χ0n) is 10.9. The fourth-order valence-corrected chi connectivity index (χ4v) is 2.44. The molecule has 4 heteroatoms. The molecule has 1 heterocycles. The Bertz CT molecular complexity index is 516. The molecule has 0 saturated heterocycles. The fourth-order valence-electron chi connectivity index (χ4n) is 2.08. The molecular formula is C14H18IN3. The Balaban J connectivity index is 2.19. The summed E-state index contributed by atoms with van der Waals surface area (Å²) in [6, 6.07) is 9.01. The van der Waals surface area contributed by atoms with Crippen molar-refractivity contribution in [3.05, 3.63) is 50.9 Å². The van der Waals surface area contributed by atoms with Gasteiger partial charge in [0.05, 0.1) is 6.20 Å². The van der Waals surface area contributed by atoms with Crippen molar-refractivity contribution in [3.63, 3.8) is 0 Å². The number of halogens is 1. The molecule has 0 spiro atoms. The van der Waals surface area contributed by atoms with E-state index in [1.807, 2.05) is 25.0 Å². The van der Waals surface area contributed by atoms with Crippen LogP contribution in [0.25, 0.3) is 0 Å². The number of hydrogen-bond donors (Lipinski definition) is 1. The van der Waals surface area contributed by atoms with Gasteiger partial charge in [-0.25, -0.2) is 0 Å². The van der Waals surface area contributed by atoms with E-state index in [4.69, 9.17) is 0 Å². The molecule has 2 aromatic rings. The largest absolute Gasteiger partial charge is 0.313 e. The van der Waals surface area contributed by atoms with Crippen molar-refractivity contribution in [2.75, 3.05) is 7.05 Å². The molecule has 18 heavy (non-hydrogen) atoms. The topological polar surface area (TPSA) is 29.9 Å². The zero-order valence-corrected chi connectivity index (χ0v) is 13.1. The molecule has 1 N–H and O–H groups in total. The van der Waals surface area contributed by atoms with E-state index < -0.39 is 0 Å². The first-order valence-electron chi connectivity index (χ1n) is 6.02. The minimum absolute atomic E-state index is 0.318. The van der Waals surface area contributed by atoms with E-state index in [2.05, 4.69) is 64.2 Å². The van der Waals surface area contributed by atoms with E-state index in [1.54, 1.807) is 0 Å². The Labute approximate surface area is 122 Å². The molecule has 0 aliphatic rings. The lowest BCUT2D eigenvalue weighted by Crippen LogP contribution is -2.19. The van der Waals surface area contributed by atoms with Gasteiger partial charge in [0.2, 0.25) is 0 Å². The van der Waals surface area contributed by atoms with Crippen LogP contribution in [0.2, 0.25) is 0 Å². The number of aryl methyl sites for hydroxylation is 1. The molecular weight excluding hydrogens is 337 g/mol. The first-order chi connectivity index (χ1) is 8.61. The van der Waals surface area contributed by atoms with Crippen molar-refractivity contribution in [1.29, 1.82) is 0 Å². The summed E-state index contributed by atoms with van der Waals surface area (Å²) in [5.41, 5.74) is 3.84. The van der Waals surface area contributed by atoms with Crippen molar-refractivity contribution in [2.24, 2.45) is 7.05 Å². The van der Waals surface area contributed by atoms with E-state index in [-0.39, 0.29) is 0 Å². The minimum Gasteiger partial charge on any atom is -0.313 e. The third-order valence-electron chi connectivity index (χ3n) is 3.35. The Morgan fingerprint density at radius 1 is 1.33 bits per heavy atom. The van der Waals surface area contributed by atoms with Crippen LogP contribution in [0.1, 0.15) is 22.9 Å². The van der Waals surface area contributed by atoms with Crippen molar-refractivity contribution in [2.45, 2.75) is 19.4 Å². The van der Waals surface area contributed by atoms with Crippen LogP contribution in [0.15, 0.2) is 30.5 Å². The van der Waals surface area contributed by atoms with Crippen molar-refractivity contribution in [3.8, 4) is 0 Å². The first kappa shape index (κ1) is 13.5. The van der Waals surface area contributed by atoms with E-state index >= 15 is 0 Å². The molecule has 0 amide bonds. The first-order valence-corrected chi connectivity index (χ1v) is 7.10. The van der Waals surface area contributed by atoms with Gasteiger partial charge < -0.3 is 5.32 Å². The van der Waals surface area contributed by atoms with Crippen LogP contribution in [-0.4, -0.2) is 16.8 Å². The lowest BCUT2D eigenvalue weighted by molar-refractivity contribution is 0.586. The van der Waals surface area contributed by atoms with Gasteiger partial charge in [0.15, 0.2) is 0 Å². The second-order valence-corrected chi connectivity index (χ2v) is 5.73. The fraction of sp³-hybridized carbons (Fsp3) is 0.357. The molecule has 0 aliphatic heterocycles. The quantitative estimate of drug-likeness (QED) is 0.855. The highest BCUT2D eigenvalue weighted by Crippen LogP contribution is 2.21. The number of nitrogens with one attached hydrogen (secondary N) is 1. The minimum atomic E-state index is 0.318. The molecule has 0 bridgehead atoms. The Morgan fingerprint density at radius 3 is 2.50 bits per heavy atom. The second-order valence-electron chi connectivity index (χ2n) is 4.48. The van der Waals surface area contributed by atoms with Gasteiger partial charge in [0.1, 0.15) is 0 Å². The maximum atomic E-state index is 4.32. The van der Waals surface area contributed by atoms with Crippen LogP contribution in [0, 0.1) is 10.5 Å². The molecule has 1 atom stereocenters. The average molecular weight is 355 g/mol. The number of likely N-dealkylation sites (N-methyl/N-ethyl adjacent to an activating group) is 1. The summed E-state index contributed by atoms with van der Waals surface area (Å²) in [6.07, 6.45) is 2.95. The number of nitrogens with zero attached hydrogens (tertiary/aromatic N) is 2. The van der Waals surface area contributed by atoms with Crippen LogP contribution in [0.3, 0.4) is 0 Å². The third-order valence-corrected chi connectivity index (χ3v) is 4.07. The number of rotatable bonds is 4. The maximum Gasteiger partial charge on any atom is 0.0540 e. The van der Waals surface area contributed by atoms with Gasteiger partial charge in [-0.3, -0.25) is 4.68 Å². The summed E-state index contributed by atoms with van der Waals surface area (Å²) in [7, 11) is 3.99. The van der Waals surface area contributed by atoms with Gasteiger partial charge in [-0.1, -0.05) is 12.1 Å². The molecule has 1 unspecified atom stereocenters. The number of hydrogen-bond acceptors (Lipinski definition) is 2. The van der Waals surface area contributed by atoms with E-state index in [0.717, 1.165) is 6.42 Å². The van der Waals surface area contributed by atoms with Gasteiger partial charge in [-0.15, -0.1) is 0 Å². The highest BCUT2D eigenvalue weighted by Gasteiger charge is 2.15. The summed E-state index contributed by atoms with van der Waals surface area (Å²) in [5, 5.41) is 7.70. The third kappa shape index (κ3) is 2.92. The summed E-state index contributed by atoms with van der Waals surface area (Å²) in [5.74, 6) is 0. The Kier molecular flexibility index (Phi) is 4.40. The van der Waals surface area contributed by atoms with Gasteiger partial charge in [-0.2, -0.15) is 5.10 Å². The lowest BCUT2D eigenvalue weighted by Gasteiger charge is -2.16. The zero-order chi connectivity index (χ0) is 13.1. The van der Waals surface area contributed by atoms with E-state index in [9.17, 15) is 0 Å². The van der Waals surface area contributed by atoms with Gasteiger partial charge in [-0.05, 0) is 60.7 Å². The average Bonchev–Trinajstić information content (AvgIpc) is 2.70. The van der Waals surface area contributed by atoms with Crippen LogP contribution in [0.4, 0.5) is 0 Å². The Hall–Kier alpha value is -0.880. The second kappa shape index (κ2) is 5.84. The van der Waals surface area contributed by atoms with E-state index in [0.29, 0.717) is 6.04 Å². The molecule has 3 nitrogen and oxygen atoms in total. The van der Waals surface area contributed by atoms with Gasteiger partial charge in [0.25, 0.3) is 0 Å². The van der Waals surface area contributed by atoms with Crippen LogP contribution in [-0.2, 0) is 13.5 Å². The molecule has 0 saturated carbocycles. The molecule has 0 aliphatic carbocycles. The smallest absolute Gasteiger partial charge is 0.0540 e. The summed E-state index contributed by atoms with van der Waals surface area (Å²) >= 11 is 2.33. The summed E-state index contributed by atoms with van der Waals surface area (Å²) in [6.45, 7) is 2.11. The molecule has 2 rings (SSSR count). The molecule has 0 fully saturated rings. The summed E-state index contributed by atoms with van der Waals surface area (Å²) in [4.78, 5) is 0. The van der Waals surface area contributed by atoms with Gasteiger partial charge >= 0.3 is 0 Å². The molecule has 1 aromatic heterocycles. The predicted molar refractivity (Wildman–Crippen MR) is 82.6 cm³/mol. The standard InChI is InChI=1S/C14H18IN3/c1-10-13(9-17-18(10)3)14(16-2)8-11-4-6-12(15)7-5-11/h4-7,9,14,16H,8H2,1-3H3. The monoisotopic (exact) mass is 355 g/mol. The number of benzene rings is 1. The Morgan fingerprint density at radius 2 is 2.00 bits per heavy atom. The van der Waals surface area contributed by atoms with Crippen LogP contribution >= 0.6 is 22.6 Å². The highest BCUT2D eigenvalue weighted by molar-refractivity contribution is 14.1.